The first-order valence-corrected chi connectivity index (χ1v) is 11.9. The van der Waals surface area contributed by atoms with Crippen LogP contribution >= 0.6 is 0 Å². The lowest BCUT2D eigenvalue weighted by atomic mass is 10.1. The van der Waals surface area contributed by atoms with Gasteiger partial charge in [0.05, 0.1) is 23.2 Å². The summed E-state index contributed by atoms with van der Waals surface area (Å²) in [6.45, 7) is 6.34. The van der Waals surface area contributed by atoms with Gasteiger partial charge in [-0.15, -0.1) is 0 Å². The number of sulfonamides is 1. The van der Waals surface area contributed by atoms with Crippen molar-refractivity contribution in [1.29, 1.82) is 0 Å². The van der Waals surface area contributed by atoms with Crippen molar-refractivity contribution in [3.8, 4) is 5.75 Å². The maximum absolute atomic E-state index is 12.9. The number of ether oxygens (including phenoxy) is 1. The SMILES string of the molecule is CCOc1ccc(C(C)NC(=O)c2ccc(N(C)S(=O)(=O)c3ccc(C)cc3)cc2)cc1. The molecule has 0 aliphatic rings. The van der Waals surface area contributed by atoms with Gasteiger partial charge in [-0.2, -0.15) is 0 Å². The van der Waals surface area contributed by atoms with E-state index < -0.39 is 10.0 Å². The normalized spacial score (nSPS) is 12.1. The summed E-state index contributed by atoms with van der Waals surface area (Å²) in [5.41, 5.74) is 2.87. The van der Waals surface area contributed by atoms with Crippen molar-refractivity contribution in [3.63, 3.8) is 0 Å². The zero-order chi connectivity index (χ0) is 23.3. The van der Waals surface area contributed by atoms with Gasteiger partial charge in [0, 0.05) is 12.6 Å². The van der Waals surface area contributed by atoms with Gasteiger partial charge in [-0.1, -0.05) is 29.8 Å². The van der Waals surface area contributed by atoms with Gasteiger partial charge < -0.3 is 10.1 Å². The number of nitrogens with zero attached hydrogens (tertiary/aromatic N) is 1. The second-order valence-electron chi connectivity index (χ2n) is 7.53. The zero-order valence-corrected chi connectivity index (χ0v) is 19.5. The van der Waals surface area contributed by atoms with Crippen molar-refractivity contribution in [2.24, 2.45) is 0 Å². The first-order valence-electron chi connectivity index (χ1n) is 10.4. The zero-order valence-electron chi connectivity index (χ0n) is 18.7. The van der Waals surface area contributed by atoms with Crippen molar-refractivity contribution >= 4 is 21.6 Å². The van der Waals surface area contributed by atoms with Crippen LogP contribution in [-0.4, -0.2) is 28.0 Å². The maximum Gasteiger partial charge on any atom is 0.264 e. The number of anilines is 1. The highest BCUT2D eigenvalue weighted by molar-refractivity contribution is 7.92. The van der Waals surface area contributed by atoms with E-state index in [2.05, 4.69) is 5.32 Å². The number of rotatable bonds is 8. The van der Waals surface area contributed by atoms with Crippen molar-refractivity contribution in [1.82, 2.24) is 5.32 Å². The van der Waals surface area contributed by atoms with Crippen LogP contribution in [-0.2, 0) is 10.0 Å². The smallest absolute Gasteiger partial charge is 0.264 e. The van der Waals surface area contributed by atoms with Gasteiger partial charge in [-0.3, -0.25) is 9.10 Å². The summed E-state index contributed by atoms with van der Waals surface area (Å²) in [6.07, 6.45) is 0. The van der Waals surface area contributed by atoms with Gasteiger partial charge in [-0.05, 0) is 74.9 Å². The molecule has 0 aliphatic heterocycles. The molecule has 3 aromatic carbocycles. The average Bonchev–Trinajstić information content (AvgIpc) is 2.79. The fourth-order valence-corrected chi connectivity index (χ4v) is 4.41. The molecule has 7 heteroatoms. The van der Waals surface area contributed by atoms with Crippen LogP contribution in [0.25, 0.3) is 0 Å². The molecule has 6 nitrogen and oxygen atoms in total. The van der Waals surface area contributed by atoms with E-state index in [1.165, 1.54) is 11.4 Å². The molecule has 1 atom stereocenters. The van der Waals surface area contributed by atoms with Gasteiger partial charge in [0.1, 0.15) is 5.75 Å². The Morgan fingerprint density at radius 1 is 0.969 bits per heavy atom. The molecule has 3 aromatic rings. The average molecular weight is 453 g/mol. The molecule has 0 aliphatic carbocycles. The molecule has 1 unspecified atom stereocenters. The fraction of sp³-hybridized carbons (Fsp3) is 0.240. The third-order valence-electron chi connectivity index (χ3n) is 5.21. The third-order valence-corrected chi connectivity index (χ3v) is 7.01. The predicted octanol–water partition coefficient (Wildman–Crippen LogP) is 4.71. The number of carbonyl (C=O) groups is 1. The Balaban J connectivity index is 1.69. The molecule has 0 saturated heterocycles. The molecule has 0 aromatic heterocycles. The topological polar surface area (TPSA) is 75.7 Å². The minimum atomic E-state index is -3.68. The summed E-state index contributed by atoms with van der Waals surface area (Å²) in [6, 6.07) is 20.6. The summed E-state index contributed by atoms with van der Waals surface area (Å²) in [4.78, 5) is 12.9. The molecule has 1 amide bonds. The molecule has 0 heterocycles. The number of amides is 1. The van der Waals surface area contributed by atoms with E-state index in [4.69, 9.17) is 4.74 Å². The van der Waals surface area contributed by atoms with Gasteiger partial charge in [-0.25, -0.2) is 8.42 Å². The standard InChI is InChI=1S/C25H28N2O4S/c1-5-31-23-14-10-20(11-15-23)19(3)26-25(28)21-8-12-22(13-9-21)27(4)32(29,30)24-16-6-18(2)7-17-24/h6-17,19H,5H2,1-4H3,(H,26,28). The van der Waals surface area contributed by atoms with Crippen LogP contribution in [0.15, 0.2) is 77.7 Å². The van der Waals surface area contributed by atoms with Crippen LogP contribution < -0.4 is 14.4 Å². The summed E-state index contributed by atoms with van der Waals surface area (Å²) < 4.78 is 32.4. The van der Waals surface area contributed by atoms with E-state index in [0.717, 1.165) is 16.9 Å². The van der Waals surface area contributed by atoms with E-state index in [-0.39, 0.29) is 16.8 Å². The van der Waals surface area contributed by atoms with Crippen molar-refractivity contribution in [2.45, 2.75) is 31.7 Å². The number of benzene rings is 3. The molecule has 0 fully saturated rings. The first kappa shape index (κ1) is 23.3. The highest BCUT2D eigenvalue weighted by Gasteiger charge is 2.21. The highest BCUT2D eigenvalue weighted by Crippen LogP contribution is 2.23. The minimum absolute atomic E-state index is 0.192. The van der Waals surface area contributed by atoms with E-state index in [0.29, 0.717) is 17.9 Å². The first-order chi connectivity index (χ1) is 15.2. The summed E-state index contributed by atoms with van der Waals surface area (Å²) in [5, 5.41) is 2.96. The van der Waals surface area contributed by atoms with E-state index in [1.807, 2.05) is 45.0 Å². The Morgan fingerprint density at radius 3 is 2.12 bits per heavy atom. The molecule has 1 N–H and O–H groups in total. The second kappa shape index (κ2) is 9.87. The van der Waals surface area contributed by atoms with E-state index >= 15 is 0 Å². The molecule has 0 saturated carbocycles. The van der Waals surface area contributed by atoms with Gasteiger partial charge >= 0.3 is 0 Å². The molecule has 168 valence electrons. The molecule has 0 bridgehead atoms. The Morgan fingerprint density at radius 2 is 1.56 bits per heavy atom. The largest absolute Gasteiger partial charge is 0.494 e. The molecular weight excluding hydrogens is 424 g/mol. The molecule has 0 radical (unpaired) electrons. The number of nitrogens with one attached hydrogen (secondary N) is 1. The molecule has 0 spiro atoms. The van der Waals surface area contributed by atoms with Gasteiger partial charge in [0.15, 0.2) is 0 Å². The third kappa shape index (κ3) is 5.29. The Hall–Kier alpha value is -3.32. The quantitative estimate of drug-likeness (QED) is 0.537. The molecule has 3 rings (SSSR count). The van der Waals surface area contributed by atoms with Crippen LogP contribution in [0.5, 0.6) is 5.75 Å². The lowest BCUT2D eigenvalue weighted by molar-refractivity contribution is 0.0940. The lowest BCUT2D eigenvalue weighted by Gasteiger charge is -2.20. The minimum Gasteiger partial charge on any atom is -0.494 e. The summed E-state index contributed by atoms with van der Waals surface area (Å²) in [7, 11) is -2.18. The number of aryl methyl sites for hydroxylation is 1. The number of carbonyl (C=O) groups excluding carboxylic acids is 1. The van der Waals surface area contributed by atoms with Crippen LogP contribution in [0, 0.1) is 6.92 Å². The number of hydrogen-bond acceptors (Lipinski definition) is 4. The van der Waals surface area contributed by atoms with Gasteiger partial charge in [0.25, 0.3) is 15.9 Å². The van der Waals surface area contributed by atoms with Crippen LogP contribution in [0.3, 0.4) is 0 Å². The monoisotopic (exact) mass is 452 g/mol. The maximum atomic E-state index is 12.9. The van der Waals surface area contributed by atoms with Gasteiger partial charge in [0.2, 0.25) is 0 Å². The van der Waals surface area contributed by atoms with E-state index in [1.54, 1.807) is 48.5 Å². The Bertz CT molecular complexity index is 1160. The highest BCUT2D eigenvalue weighted by atomic mass is 32.2. The second-order valence-corrected chi connectivity index (χ2v) is 9.50. The summed E-state index contributed by atoms with van der Waals surface area (Å²) >= 11 is 0. The van der Waals surface area contributed by atoms with Crippen LogP contribution in [0.1, 0.15) is 41.4 Å². The predicted molar refractivity (Wildman–Crippen MR) is 127 cm³/mol. The van der Waals surface area contributed by atoms with Crippen molar-refractivity contribution in [2.75, 3.05) is 18.0 Å². The summed E-state index contributed by atoms with van der Waals surface area (Å²) in [5.74, 6) is 0.553. The van der Waals surface area contributed by atoms with Crippen LogP contribution in [0.2, 0.25) is 0 Å². The number of hydrogen-bond donors (Lipinski definition) is 1. The lowest BCUT2D eigenvalue weighted by Crippen LogP contribution is -2.28. The molecular formula is C25H28N2O4S. The van der Waals surface area contributed by atoms with E-state index in [9.17, 15) is 13.2 Å². The van der Waals surface area contributed by atoms with Crippen molar-refractivity contribution in [3.05, 3.63) is 89.5 Å². The Labute approximate surface area is 189 Å². The fourth-order valence-electron chi connectivity index (χ4n) is 3.21. The Kier molecular flexibility index (Phi) is 7.20. The molecule has 32 heavy (non-hydrogen) atoms. The van der Waals surface area contributed by atoms with Crippen LogP contribution in [0.4, 0.5) is 5.69 Å². The van der Waals surface area contributed by atoms with Crippen molar-refractivity contribution < 1.29 is 17.9 Å².